The highest BCUT2D eigenvalue weighted by atomic mass is 32.2. The van der Waals surface area contributed by atoms with Crippen LogP contribution in [0.1, 0.15) is 18.9 Å². The maximum absolute atomic E-state index is 12.2. The summed E-state index contributed by atoms with van der Waals surface area (Å²) in [7, 11) is -1.41. The molecule has 3 N–H and O–H groups in total. The molecule has 1 aromatic carbocycles. The van der Waals surface area contributed by atoms with E-state index >= 15 is 0 Å². The zero-order chi connectivity index (χ0) is 15.2. The van der Waals surface area contributed by atoms with Crippen LogP contribution < -0.4 is 5.73 Å². The van der Waals surface area contributed by atoms with E-state index in [-0.39, 0.29) is 11.9 Å². The molecule has 0 aliphatic heterocycles. The maximum Gasteiger partial charge on any atom is 0.179 e. The van der Waals surface area contributed by atoms with Crippen LogP contribution in [-0.2, 0) is 16.4 Å². The van der Waals surface area contributed by atoms with Crippen LogP contribution in [0.5, 0.6) is 0 Å². The highest BCUT2D eigenvalue weighted by molar-refractivity contribution is 7.91. The number of benzene rings is 1. The van der Waals surface area contributed by atoms with Gasteiger partial charge >= 0.3 is 0 Å². The Kier molecular flexibility index (Phi) is 6.61. The van der Waals surface area contributed by atoms with Crippen molar-refractivity contribution in [2.24, 2.45) is 5.73 Å². The molecule has 1 unspecified atom stereocenters. The molecule has 0 aromatic heterocycles. The van der Waals surface area contributed by atoms with E-state index in [9.17, 15) is 13.5 Å². The number of hydrogen-bond donors (Lipinski definition) is 2. The van der Waals surface area contributed by atoms with Gasteiger partial charge in [-0.2, -0.15) is 0 Å². The largest absolute Gasteiger partial charge is 0.393 e. The summed E-state index contributed by atoms with van der Waals surface area (Å²) in [6.45, 7) is 3.26. The molecule has 0 aliphatic carbocycles. The number of sulfone groups is 1. The molecule has 0 amide bonds. The lowest BCUT2D eigenvalue weighted by atomic mass is 10.2. The van der Waals surface area contributed by atoms with Crippen molar-refractivity contribution < 1.29 is 13.5 Å². The van der Waals surface area contributed by atoms with Gasteiger partial charge in [-0.1, -0.05) is 12.1 Å². The first kappa shape index (κ1) is 17.1. The molecule has 6 heteroatoms. The van der Waals surface area contributed by atoms with E-state index in [4.69, 9.17) is 5.73 Å². The second-order valence-electron chi connectivity index (χ2n) is 5.11. The number of hydrogen-bond acceptors (Lipinski definition) is 5. The summed E-state index contributed by atoms with van der Waals surface area (Å²) in [6, 6.07) is 6.69. The first-order chi connectivity index (χ1) is 9.35. The molecule has 0 heterocycles. The standard InChI is InChI=1S/C14H24N2O3S/c1-12(17)7-8-16(2)9-10-20(18,19)14-5-3-13(11-15)4-6-14/h3-6,12,17H,7-11,15H2,1-2H3. The van der Waals surface area contributed by atoms with Gasteiger partial charge in [0, 0.05) is 19.6 Å². The lowest BCUT2D eigenvalue weighted by Crippen LogP contribution is -2.28. The van der Waals surface area contributed by atoms with Gasteiger partial charge in [-0.3, -0.25) is 0 Å². The van der Waals surface area contributed by atoms with Crippen molar-refractivity contribution in [1.82, 2.24) is 4.90 Å². The van der Waals surface area contributed by atoms with Crippen molar-refractivity contribution in [1.29, 1.82) is 0 Å². The molecule has 0 bridgehead atoms. The number of aliphatic hydroxyl groups is 1. The predicted molar refractivity (Wildman–Crippen MR) is 80.2 cm³/mol. The average Bonchev–Trinajstić information content (AvgIpc) is 2.43. The topological polar surface area (TPSA) is 83.6 Å². The summed E-state index contributed by atoms with van der Waals surface area (Å²) in [5.41, 5.74) is 6.40. The Morgan fingerprint density at radius 1 is 1.25 bits per heavy atom. The third-order valence-electron chi connectivity index (χ3n) is 3.19. The molecule has 1 aromatic rings. The van der Waals surface area contributed by atoms with Crippen molar-refractivity contribution in [3.8, 4) is 0 Å². The predicted octanol–water partition coefficient (Wildman–Crippen LogP) is 0.622. The molecule has 0 aliphatic rings. The van der Waals surface area contributed by atoms with Crippen LogP contribution in [0.4, 0.5) is 0 Å². The second kappa shape index (κ2) is 7.73. The zero-order valence-corrected chi connectivity index (χ0v) is 12.9. The molecule has 0 fully saturated rings. The lowest BCUT2D eigenvalue weighted by Gasteiger charge is -2.17. The van der Waals surface area contributed by atoms with Crippen LogP contribution >= 0.6 is 0 Å². The second-order valence-corrected chi connectivity index (χ2v) is 7.22. The fraction of sp³-hybridized carbons (Fsp3) is 0.571. The van der Waals surface area contributed by atoms with E-state index in [1.165, 1.54) is 0 Å². The van der Waals surface area contributed by atoms with Crippen LogP contribution in [0.3, 0.4) is 0 Å². The number of nitrogens with two attached hydrogens (primary N) is 1. The fourth-order valence-corrected chi connectivity index (χ4v) is 3.08. The summed E-state index contributed by atoms with van der Waals surface area (Å²) in [4.78, 5) is 2.25. The van der Waals surface area contributed by atoms with Gasteiger partial charge < -0.3 is 15.7 Å². The van der Waals surface area contributed by atoms with Gasteiger partial charge in [0.2, 0.25) is 0 Å². The summed E-state index contributed by atoms with van der Waals surface area (Å²) in [5.74, 6) is 0.0747. The minimum absolute atomic E-state index is 0.0747. The Morgan fingerprint density at radius 3 is 2.35 bits per heavy atom. The highest BCUT2D eigenvalue weighted by Gasteiger charge is 2.15. The van der Waals surface area contributed by atoms with Crippen LogP contribution in [0.25, 0.3) is 0 Å². The third kappa shape index (κ3) is 5.58. The van der Waals surface area contributed by atoms with Crippen LogP contribution in [-0.4, -0.2) is 50.4 Å². The molecular formula is C14H24N2O3S. The molecule has 1 atom stereocenters. The molecule has 1 rings (SSSR count). The molecule has 0 radical (unpaired) electrons. The molecular weight excluding hydrogens is 276 g/mol. The number of aliphatic hydroxyl groups excluding tert-OH is 1. The van der Waals surface area contributed by atoms with Gasteiger partial charge in [0.05, 0.1) is 16.8 Å². The molecule has 0 saturated heterocycles. The minimum atomic E-state index is -3.26. The normalized spacial score (nSPS) is 13.7. The van der Waals surface area contributed by atoms with Crippen LogP contribution in [0, 0.1) is 0 Å². The van der Waals surface area contributed by atoms with Crippen molar-refractivity contribution in [3.63, 3.8) is 0 Å². The van der Waals surface area contributed by atoms with Gasteiger partial charge in [0.25, 0.3) is 0 Å². The Bertz CT molecular complexity index is 498. The Hall–Kier alpha value is -0.950. The molecule has 0 spiro atoms. The van der Waals surface area contributed by atoms with Crippen LogP contribution in [0.15, 0.2) is 29.2 Å². The maximum atomic E-state index is 12.2. The van der Waals surface area contributed by atoms with Gasteiger partial charge in [-0.05, 0) is 38.1 Å². The molecule has 0 saturated carbocycles. The fourth-order valence-electron chi connectivity index (χ4n) is 1.75. The Labute approximate surface area is 121 Å². The first-order valence-corrected chi connectivity index (χ1v) is 8.39. The highest BCUT2D eigenvalue weighted by Crippen LogP contribution is 2.12. The number of rotatable bonds is 8. The molecule has 114 valence electrons. The molecule has 5 nitrogen and oxygen atoms in total. The third-order valence-corrected chi connectivity index (χ3v) is 4.90. The van der Waals surface area contributed by atoms with E-state index in [1.54, 1.807) is 31.2 Å². The van der Waals surface area contributed by atoms with Gasteiger partial charge in [-0.15, -0.1) is 0 Å². The molecule has 20 heavy (non-hydrogen) atoms. The summed E-state index contributed by atoms with van der Waals surface area (Å²) in [5, 5.41) is 9.20. The van der Waals surface area contributed by atoms with Crippen molar-refractivity contribution >= 4 is 9.84 Å². The summed E-state index contributed by atoms with van der Waals surface area (Å²) < 4.78 is 24.3. The van der Waals surface area contributed by atoms with Gasteiger partial charge in [-0.25, -0.2) is 8.42 Å². The SMILES string of the molecule is CC(O)CCN(C)CCS(=O)(=O)c1ccc(CN)cc1. The quantitative estimate of drug-likeness (QED) is 0.735. The summed E-state index contributed by atoms with van der Waals surface area (Å²) in [6.07, 6.45) is 0.278. The van der Waals surface area contributed by atoms with E-state index in [0.29, 0.717) is 31.0 Å². The van der Waals surface area contributed by atoms with Gasteiger partial charge in [0.1, 0.15) is 0 Å². The Balaban J connectivity index is 2.56. The summed E-state index contributed by atoms with van der Waals surface area (Å²) >= 11 is 0. The zero-order valence-electron chi connectivity index (χ0n) is 12.1. The Morgan fingerprint density at radius 2 is 1.85 bits per heavy atom. The van der Waals surface area contributed by atoms with E-state index in [2.05, 4.69) is 0 Å². The first-order valence-electron chi connectivity index (χ1n) is 6.73. The van der Waals surface area contributed by atoms with Crippen LogP contribution in [0.2, 0.25) is 0 Å². The van der Waals surface area contributed by atoms with Gasteiger partial charge in [0.15, 0.2) is 9.84 Å². The van der Waals surface area contributed by atoms with Crippen molar-refractivity contribution in [2.75, 3.05) is 25.9 Å². The average molecular weight is 300 g/mol. The monoisotopic (exact) mass is 300 g/mol. The van der Waals surface area contributed by atoms with Crippen molar-refractivity contribution in [2.45, 2.75) is 30.9 Å². The van der Waals surface area contributed by atoms with E-state index < -0.39 is 9.84 Å². The van der Waals surface area contributed by atoms with E-state index in [1.807, 2.05) is 11.9 Å². The minimum Gasteiger partial charge on any atom is -0.393 e. The smallest absolute Gasteiger partial charge is 0.179 e. The number of nitrogens with zero attached hydrogens (tertiary/aromatic N) is 1. The lowest BCUT2D eigenvalue weighted by molar-refractivity contribution is 0.166. The van der Waals surface area contributed by atoms with Crippen molar-refractivity contribution in [3.05, 3.63) is 29.8 Å². The van der Waals surface area contributed by atoms with E-state index in [0.717, 1.165) is 5.56 Å².